The van der Waals surface area contributed by atoms with Crippen molar-refractivity contribution in [3.05, 3.63) is 0 Å². The van der Waals surface area contributed by atoms with Gasteiger partial charge in [0.1, 0.15) is 13.0 Å². The molecule has 0 aliphatic carbocycles. The minimum atomic E-state index is -0.406. The van der Waals surface area contributed by atoms with Crippen molar-refractivity contribution in [2.75, 3.05) is 6.61 Å². The molecule has 0 aromatic carbocycles. The molecule has 0 aromatic rings. The molecule has 2 rings (SSSR count). The van der Waals surface area contributed by atoms with E-state index in [0.717, 1.165) is 0 Å². The van der Waals surface area contributed by atoms with E-state index in [1.807, 2.05) is 0 Å². The van der Waals surface area contributed by atoms with E-state index in [-0.39, 0.29) is 5.97 Å². The molecule has 1 spiro atoms. The molecule has 2 aliphatic rings. The van der Waals surface area contributed by atoms with E-state index in [4.69, 9.17) is 4.74 Å². The molecule has 2 heterocycles. The maximum atomic E-state index is 10.1. The summed E-state index contributed by atoms with van der Waals surface area (Å²) < 4.78 is 9.34. The molecule has 0 aromatic heterocycles. The Morgan fingerprint density at radius 2 is 2.29 bits per heavy atom. The van der Waals surface area contributed by atoms with Crippen LogP contribution in [-0.4, -0.2) is 18.4 Å². The van der Waals surface area contributed by atoms with Crippen LogP contribution in [0.1, 0.15) is 6.42 Å². The first-order valence-corrected chi connectivity index (χ1v) is 2.17. The van der Waals surface area contributed by atoms with Crippen LogP contribution < -0.4 is 0 Å². The van der Waals surface area contributed by atoms with Crippen molar-refractivity contribution in [3.8, 4) is 0 Å². The van der Waals surface area contributed by atoms with Gasteiger partial charge < -0.3 is 9.47 Å². The largest absolute Gasteiger partial charge is 0.430 e. The van der Waals surface area contributed by atoms with Gasteiger partial charge in [-0.15, -0.1) is 0 Å². The molecule has 0 saturated carbocycles. The van der Waals surface area contributed by atoms with Gasteiger partial charge in [0.25, 0.3) is 0 Å². The summed E-state index contributed by atoms with van der Waals surface area (Å²) in [5.74, 6) is -0.547. The van der Waals surface area contributed by atoms with Gasteiger partial charge in [-0.1, -0.05) is 0 Å². The van der Waals surface area contributed by atoms with Crippen LogP contribution in [0.2, 0.25) is 0 Å². The van der Waals surface area contributed by atoms with E-state index in [1.165, 1.54) is 0 Å². The van der Waals surface area contributed by atoms with Crippen LogP contribution in [0.5, 0.6) is 0 Å². The Hall–Kier alpha value is -0.570. The molecule has 0 amide bonds. The van der Waals surface area contributed by atoms with E-state index in [9.17, 15) is 4.79 Å². The van der Waals surface area contributed by atoms with Gasteiger partial charge in [0.2, 0.25) is 5.79 Å². The number of ether oxygens (including phenoxy) is 2. The summed E-state index contributed by atoms with van der Waals surface area (Å²) >= 11 is 0. The quantitative estimate of drug-likeness (QED) is 0.309. The van der Waals surface area contributed by atoms with Crippen LogP contribution in [-0.2, 0) is 14.3 Å². The standard InChI is InChI=1S/C4H4O3/c5-3-1-4(7-3)2-6-4/h1-2H2. The molecule has 3 nitrogen and oxygen atoms in total. The molecule has 2 saturated heterocycles. The fourth-order valence-electron chi connectivity index (χ4n) is 0.661. The Balaban J connectivity index is 2.09. The van der Waals surface area contributed by atoms with E-state index < -0.39 is 5.79 Å². The van der Waals surface area contributed by atoms with Crippen LogP contribution in [0.15, 0.2) is 0 Å². The van der Waals surface area contributed by atoms with E-state index in [0.29, 0.717) is 13.0 Å². The zero-order valence-corrected chi connectivity index (χ0v) is 3.64. The average molecular weight is 100 g/mol. The van der Waals surface area contributed by atoms with Crippen molar-refractivity contribution in [1.29, 1.82) is 0 Å². The monoisotopic (exact) mass is 100 g/mol. The Kier molecular flexibility index (Phi) is 0.338. The van der Waals surface area contributed by atoms with Gasteiger partial charge in [0.15, 0.2) is 0 Å². The molecule has 0 bridgehead atoms. The van der Waals surface area contributed by atoms with Crippen molar-refractivity contribution in [2.45, 2.75) is 12.2 Å². The van der Waals surface area contributed by atoms with Crippen LogP contribution in [0.3, 0.4) is 0 Å². The normalized spacial score (nSPS) is 45.4. The summed E-state index contributed by atoms with van der Waals surface area (Å²) in [6.45, 7) is 0.610. The molecule has 7 heavy (non-hydrogen) atoms. The van der Waals surface area contributed by atoms with Crippen LogP contribution in [0.4, 0.5) is 0 Å². The second kappa shape index (κ2) is 0.690. The van der Waals surface area contributed by atoms with Crippen LogP contribution >= 0.6 is 0 Å². The van der Waals surface area contributed by atoms with Crippen molar-refractivity contribution < 1.29 is 14.3 Å². The lowest BCUT2D eigenvalue weighted by atomic mass is 10.2. The third-order valence-electron chi connectivity index (χ3n) is 1.18. The first-order chi connectivity index (χ1) is 3.31. The predicted molar refractivity (Wildman–Crippen MR) is 19.4 cm³/mol. The summed E-state index contributed by atoms with van der Waals surface area (Å²) in [5.41, 5.74) is 0. The third kappa shape index (κ3) is 0.307. The van der Waals surface area contributed by atoms with Crippen molar-refractivity contribution in [3.63, 3.8) is 0 Å². The molecular weight excluding hydrogens is 96.0 g/mol. The fourth-order valence-corrected chi connectivity index (χ4v) is 0.661. The molecule has 3 heteroatoms. The molecule has 0 radical (unpaired) electrons. The van der Waals surface area contributed by atoms with Gasteiger partial charge in [-0.2, -0.15) is 0 Å². The van der Waals surface area contributed by atoms with E-state index >= 15 is 0 Å². The average Bonchev–Trinajstić information content (AvgIpc) is 2.14. The number of epoxide rings is 1. The highest BCUT2D eigenvalue weighted by atomic mass is 16.8. The van der Waals surface area contributed by atoms with Crippen LogP contribution in [0.25, 0.3) is 0 Å². The Bertz CT molecular complexity index is 115. The van der Waals surface area contributed by atoms with Gasteiger partial charge in [-0.25, -0.2) is 0 Å². The summed E-state index contributed by atoms with van der Waals surface area (Å²) in [6.07, 6.45) is 0.465. The van der Waals surface area contributed by atoms with Gasteiger partial charge in [0, 0.05) is 0 Å². The topological polar surface area (TPSA) is 38.8 Å². The molecule has 2 aliphatic heterocycles. The summed E-state index contributed by atoms with van der Waals surface area (Å²) in [7, 11) is 0. The van der Waals surface area contributed by atoms with Crippen LogP contribution in [0, 0.1) is 0 Å². The summed E-state index contributed by atoms with van der Waals surface area (Å²) in [6, 6.07) is 0. The number of rotatable bonds is 0. The van der Waals surface area contributed by atoms with Crippen molar-refractivity contribution in [2.24, 2.45) is 0 Å². The molecule has 1 unspecified atom stereocenters. The van der Waals surface area contributed by atoms with E-state index in [2.05, 4.69) is 4.74 Å². The predicted octanol–water partition coefficient (Wildman–Crippen LogP) is -0.340. The lowest BCUT2D eigenvalue weighted by Crippen LogP contribution is -2.35. The smallest absolute Gasteiger partial charge is 0.315 e. The Morgan fingerprint density at radius 1 is 1.71 bits per heavy atom. The molecule has 0 N–H and O–H groups in total. The number of carbonyl (C=O) groups is 1. The minimum Gasteiger partial charge on any atom is -0.430 e. The number of carbonyl (C=O) groups excluding carboxylic acids is 1. The number of esters is 1. The molecule has 1 atom stereocenters. The second-order valence-electron chi connectivity index (χ2n) is 1.85. The number of hydrogen-bond donors (Lipinski definition) is 0. The Labute approximate surface area is 40.2 Å². The highest BCUT2D eigenvalue weighted by Crippen LogP contribution is 2.40. The molecule has 2 fully saturated rings. The zero-order chi connectivity index (χ0) is 4.91. The summed E-state index contributed by atoms with van der Waals surface area (Å²) in [5, 5.41) is 0. The molecule has 38 valence electrons. The van der Waals surface area contributed by atoms with Gasteiger partial charge >= 0.3 is 5.97 Å². The lowest BCUT2D eigenvalue weighted by molar-refractivity contribution is -0.188. The highest BCUT2D eigenvalue weighted by molar-refractivity contribution is 5.77. The van der Waals surface area contributed by atoms with Crippen molar-refractivity contribution >= 4 is 5.97 Å². The number of hydrogen-bond acceptors (Lipinski definition) is 3. The first kappa shape index (κ1) is 3.43. The minimum absolute atomic E-state index is 0.141. The maximum Gasteiger partial charge on any atom is 0.315 e. The molecular formula is C4H4O3. The summed E-state index contributed by atoms with van der Waals surface area (Å²) in [4.78, 5) is 10.1. The Morgan fingerprint density at radius 3 is 2.43 bits per heavy atom. The second-order valence-corrected chi connectivity index (χ2v) is 1.85. The van der Waals surface area contributed by atoms with Gasteiger partial charge in [-0.3, -0.25) is 4.79 Å². The first-order valence-electron chi connectivity index (χ1n) is 2.17. The third-order valence-corrected chi connectivity index (χ3v) is 1.18. The van der Waals surface area contributed by atoms with Gasteiger partial charge in [-0.05, 0) is 0 Å². The lowest BCUT2D eigenvalue weighted by Gasteiger charge is -2.20. The maximum absolute atomic E-state index is 10.1. The highest BCUT2D eigenvalue weighted by Gasteiger charge is 2.58. The van der Waals surface area contributed by atoms with Gasteiger partial charge in [0.05, 0.1) is 0 Å². The zero-order valence-electron chi connectivity index (χ0n) is 3.64. The van der Waals surface area contributed by atoms with Crippen molar-refractivity contribution in [1.82, 2.24) is 0 Å². The van der Waals surface area contributed by atoms with E-state index in [1.54, 1.807) is 0 Å². The SMILES string of the molecule is O=C1CC2(CO2)O1. The fraction of sp³-hybridized carbons (Fsp3) is 0.750.